The molecule has 0 saturated heterocycles. The molecule has 0 aliphatic carbocycles. The molecule has 23 heavy (non-hydrogen) atoms. The van der Waals surface area contributed by atoms with Crippen LogP contribution < -0.4 is 29.0 Å². The monoisotopic (exact) mass is 453 g/mol. The Morgan fingerprint density at radius 3 is 2.26 bits per heavy atom. The summed E-state index contributed by atoms with van der Waals surface area (Å²) in [6.45, 7) is 6.60. The van der Waals surface area contributed by atoms with Crippen LogP contribution in [0, 0.1) is 20.8 Å². The minimum absolute atomic E-state index is 0. The minimum Gasteiger partial charge on any atom is -1.00 e. The normalized spacial score (nSPS) is 13.0. The predicted molar refractivity (Wildman–Crippen MR) is 91.8 cm³/mol. The van der Waals surface area contributed by atoms with Gasteiger partial charge in [-0.15, -0.1) is 0 Å². The maximum atomic E-state index is 4.49. The van der Waals surface area contributed by atoms with Crippen molar-refractivity contribution in [3.63, 3.8) is 0 Å². The number of aliphatic imine (C=N–C) groups is 2. The summed E-state index contributed by atoms with van der Waals surface area (Å²) in [5.41, 5.74) is 4.13. The van der Waals surface area contributed by atoms with E-state index in [0.29, 0.717) is 0 Å². The van der Waals surface area contributed by atoms with Gasteiger partial charge in [-0.2, -0.15) is 0 Å². The van der Waals surface area contributed by atoms with Crippen molar-refractivity contribution in [1.29, 1.82) is 0 Å². The zero-order valence-corrected chi connectivity index (χ0v) is 17.1. The summed E-state index contributed by atoms with van der Waals surface area (Å²) in [6, 6.07) is 8.77. The molecule has 6 heteroatoms. The number of benzene rings is 1. The van der Waals surface area contributed by atoms with E-state index in [1.54, 1.807) is 23.8 Å². The van der Waals surface area contributed by atoms with E-state index >= 15 is 0 Å². The second-order valence-corrected chi connectivity index (χ2v) is 9.46. The zero-order valence-electron chi connectivity index (χ0n) is 13.0. The summed E-state index contributed by atoms with van der Waals surface area (Å²) in [7, 11) is 0. The second-order valence-electron chi connectivity index (χ2n) is 4.83. The number of thiophene rings is 1. The third kappa shape index (κ3) is 4.39. The molecule has 0 radical (unpaired) electrons. The van der Waals surface area contributed by atoms with Crippen LogP contribution in [0.25, 0.3) is 0 Å². The molecule has 0 spiro atoms. The molecule has 0 bridgehead atoms. The maximum absolute atomic E-state index is 4.49. The number of halogens is 2. The van der Waals surface area contributed by atoms with Crippen molar-refractivity contribution in [2.24, 2.45) is 9.98 Å². The van der Waals surface area contributed by atoms with Gasteiger partial charge in [0.2, 0.25) is 0 Å². The number of hydrogen-bond donors (Lipinski definition) is 0. The molecular formula is C17H17Cl2N2RuS. The van der Waals surface area contributed by atoms with E-state index in [2.05, 4.69) is 65.0 Å². The van der Waals surface area contributed by atoms with Gasteiger partial charge in [0.25, 0.3) is 0 Å². The van der Waals surface area contributed by atoms with E-state index in [1.807, 2.05) is 0 Å². The van der Waals surface area contributed by atoms with Gasteiger partial charge in [0, 0.05) is 0 Å². The van der Waals surface area contributed by atoms with Crippen LogP contribution in [0.2, 0.25) is 0 Å². The molecule has 1 aliphatic rings. The molecule has 0 atom stereocenters. The Morgan fingerprint density at radius 1 is 0.957 bits per heavy atom. The Hall–Kier alpha value is -0.797. The molecule has 0 unspecified atom stereocenters. The number of hydrogen-bond acceptors (Lipinski definition) is 3. The first-order valence-electron chi connectivity index (χ1n) is 6.70. The van der Waals surface area contributed by atoms with Gasteiger partial charge < -0.3 is 24.8 Å². The van der Waals surface area contributed by atoms with Crippen molar-refractivity contribution in [3.05, 3.63) is 51.2 Å². The summed E-state index contributed by atoms with van der Waals surface area (Å²) in [4.78, 5) is 10.3. The van der Waals surface area contributed by atoms with Gasteiger partial charge in [-0.05, 0) is 0 Å². The summed E-state index contributed by atoms with van der Waals surface area (Å²) in [5.74, 6) is 0. The van der Waals surface area contributed by atoms with Crippen LogP contribution in [0.1, 0.15) is 21.6 Å². The molecule has 3 rings (SSSR count). The summed E-state index contributed by atoms with van der Waals surface area (Å²) in [6.07, 6.45) is 3.60. The Balaban J connectivity index is 0.00000132. The van der Waals surface area contributed by atoms with Gasteiger partial charge in [-0.25, -0.2) is 0 Å². The average Bonchev–Trinajstić information content (AvgIpc) is 3.16. The number of rotatable bonds is 2. The second kappa shape index (κ2) is 8.89. The standard InChI is InChI=1S/C9H11.C5H4S.C3H2N2.2ClH.Ru/c1-7-5-4-6-8(2)9(7)3;1-5-3-2-4-6-5;1-2-5-3-4-1;;;/h4-5H,1-3H3;1-4H;1-2H;2*1H;/q;;;;;+2/p-2. The molecule has 0 fully saturated rings. The SMILES string of the molecule is Cc1cc[c]([Ru+2](=[CH]c2cccs2)=[C]2N=CC=N2)c(C)c1C.[Cl-].[Cl-]. The fourth-order valence-electron chi connectivity index (χ4n) is 2.08. The molecule has 2 heterocycles. The molecule has 123 valence electrons. The Morgan fingerprint density at radius 2 is 1.65 bits per heavy atom. The van der Waals surface area contributed by atoms with Gasteiger partial charge in [0.1, 0.15) is 0 Å². The first-order valence-corrected chi connectivity index (χ1v) is 10.3. The summed E-state index contributed by atoms with van der Waals surface area (Å²) >= 11 is 0.210. The van der Waals surface area contributed by atoms with Gasteiger partial charge in [0.05, 0.1) is 0 Å². The van der Waals surface area contributed by atoms with Crippen molar-refractivity contribution in [3.8, 4) is 0 Å². The maximum Gasteiger partial charge on any atom is -1.00 e. The molecular weight excluding hydrogens is 436 g/mol. The Kier molecular flexibility index (Phi) is 7.83. The Labute approximate surface area is 158 Å². The van der Waals surface area contributed by atoms with Crippen molar-refractivity contribution in [2.45, 2.75) is 20.8 Å². The van der Waals surface area contributed by atoms with Crippen LogP contribution in [0.3, 0.4) is 0 Å². The largest absolute Gasteiger partial charge is 1.00 e. The number of aryl methyl sites for hydroxylation is 1. The van der Waals surface area contributed by atoms with Gasteiger partial charge in [0.15, 0.2) is 0 Å². The number of nitrogens with zero attached hydrogens (tertiary/aromatic N) is 2. The molecule has 0 saturated carbocycles. The first-order chi connectivity index (χ1) is 10.2. The van der Waals surface area contributed by atoms with E-state index in [4.69, 9.17) is 0 Å². The summed E-state index contributed by atoms with van der Waals surface area (Å²) < 4.78 is 4.85. The quantitative estimate of drug-likeness (QED) is 0.434. The fraction of sp³-hybridized carbons (Fsp3) is 0.176. The molecule has 1 aliphatic heterocycles. The van der Waals surface area contributed by atoms with Crippen molar-refractivity contribution >= 4 is 36.9 Å². The third-order valence-electron chi connectivity index (χ3n) is 3.52. The van der Waals surface area contributed by atoms with Crippen LogP contribution in [-0.4, -0.2) is 21.4 Å². The molecule has 1 aromatic carbocycles. The first kappa shape index (κ1) is 20.2. The molecule has 2 aromatic rings. The average molecular weight is 453 g/mol. The van der Waals surface area contributed by atoms with E-state index in [1.165, 1.54) is 25.7 Å². The van der Waals surface area contributed by atoms with E-state index in [-0.39, 0.29) is 24.8 Å². The summed E-state index contributed by atoms with van der Waals surface area (Å²) in [5, 5.41) is 2.12. The smallest absolute Gasteiger partial charge is 1.00 e. The van der Waals surface area contributed by atoms with Gasteiger partial charge in [-0.3, -0.25) is 0 Å². The topological polar surface area (TPSA) is 24.7 Å². The van der Waals surface area contributed by atoms with Crippen molar-refractivity contribution in [2.75, 3.05) is 0 Å². The van der Waals surface area contributed by atoms with Crippen molar-refractivity contribution in [1.82, 2.24) is 0 Å². The van der Waals surface area contributed by atoms with Gasteiger partial charge in [-0.1, -0.05) is 0 Å². The van der Waals surface area contributed by atoms with E-state index < -0.39 is 15.0 Å². The van der Waals surface area contributed by atoms with Crippen LogP contribution in [0.5, 0.6) is 0 Å². The molecule has 1 aromatic heterocycles. The Bertz CT molecular complexity index is 817. The van der Waals surface area contributed by atoms with E-state index in [9.17, 15) is 0 Å². The molecule has 0 N–H and O–H groups in total. The van der Waals surface area contributed by atoms with E-state index in [0.717, 1.165) is 4.35 Å². The third-order valence-corrected chi connectivity index (χ3v) is 8.95. The molecule has 2 nitrogen and oxygen atoms in total. The van der Waals surface area contributed by atoms with Crippen LogP contribution in [0.15, 0.2) is 39.6 Å². The van der Waals surface area contributed by atoms with Crippen molar-refractivity contribution < 1.29 is 39.9 Å². The zero-order chi connectivity index (χ0) is 14.8. The van der Waals surface area contributed by atoms with Gasteiger partial charge >= 0.3 is 134 Å². The van der Waals surface area contributed by atoms with Crippen LogP contribution in [0.4, 0.5) is 0 Å². The van der Waals surface area contributed by atoms with Crippen LogP contribution >= 0.6 is 11.3 Å². The minimum atomic E-state index is -1.57. The fourth-order valence-corrected chi connectivity index (χ4v) is 7.25. The molecule has 0 amide bonds. The van der Waals surface area contributed by atoms with Crippen LogP contribution in [-0.2, 0) is 15.0 Å². The predicted octanol–water partition coefficient (Wildman–Crippen LogP) is -2.98.